The lowest BCUT2D eigenvalue weighted by Crippen LogP contribution is -1.93. The minimum Gasteiger partial charge on any atom is -0.0625 e. The van der Waals surface area contributed by atoms with Crippen LogP contribution in [-0.4, -0.2) is 0 Å². The molecule has 0 aliphatic rings. The first kappa shape index (κ1) is 27.0. The number of rotatable bonds is 23. The molecular formula is C27H54. The van der Waals surface area contributed by atoms with Crippen molar-refractivity contribution in [3.8, 4) is 0 Å². The first-order valence-corrected chi connectivity index (χ1v) is 12.9. The summed E-state index contributed by atoms with van der Waals surface area (Å²) in [7, 11) is 0. The van der Waals surface area contributed by atoms with Gasteiger partial charge in [0, 0.05) is 0 Å². The van der Waals surface area contributed by atoms with E-state index in [9.17, 15) is 0 Å². The Kier molecular flexibility index (Phi) is 24.0. The second kappa shape index (κ2) is 24.0. The van der Waals surface area contributed by atoms with Crippen LogP contribution in [0.3, 0.4) is 0 Å². The highest BCUT2D eigenvalue weighted by atomic mass is 14.1. The predicted molar refractivity (Wildman–Crippen MR) is 126 cm³/mol. The molecule has 1 unspecified atom stereocenters. The van der Waals surface area contributed by atoms with Crippen LogP contribution in [0.1, 0.15) is 155 Å². The SMILES string of the molecule is [CH2]CCCCCCCCCCCCCCCCCCCCCC(C)CC[CH2]. The highest BCUT2D eigenvalue weighted by Gasteiger charge is 2.00. The molecule has 0 fully saturated rings. The molecule has 0 aromatic rings. The maximum absolute atomic E-state index is 3.96. The zero-order valence-electron chi connectivity index (χ0n) is 19.3. The molecule has 0 heterocycles. The second-order valence-corrected chi connectivity index (χ2v) is 9.11. The topological polar surface area (TPSA) is 0 Å². The zero-order valence-corrected chi connectivity index (χ0v) is 19.3. The molecule has 0 nitrogen and oxygen atoms in total. The van der Waals surface area contributed by atoms with Gasteiger partial charge in [0.25, 0.3) is 0 Å². The van der Waals surface area contributed by atoms with Gasteiger partial charge in [-0.1, -0.05) is 168 Å². The molecule has 0 N–H and O–H groups in total. The third-order valence-electron chi connectivity index (χ3n) is 6.14. The Labute approximate surface area is 174 Å². The van der Waals surface area contributed by atoms with Crippen LogP contribution >= 0.6 is 0 Å². The molecule has 0 amide bonds. The van der Waals surface area contributed by atoms with Gasteiger partial charge in [-0.15, -0.1) is 0 Å². The van der Waals surface area contributed by atoms with Crippen molar-refractivity contribution in [1.29, 1.82) is 0 Å². The minimum atomic E-state index is 0.899. The fourth-order valence-electron chi connectivity index (χ4n) is 4.17. The summed E-state index contributed by atoms with van der Waals surface area (Å²) in [6, 6.07) is 0. The summed E-state index contributed by atoms with van der Waals surface area (Å²) in [5.41, 5.74) is 0. The Balaban J connectivity index is 3.01. The van der Waals surface area contributed by atoms with E-state index in [4.69, 9.17) is 0 Å². The van der Waals surface area contributed by atoms with Crippen LogP contribution in [0.2, 0.25) is 0 Å². The van der Waals surface area contributed by atoms with Crippen molar-refractivity contribution in [1.82, 2.24) is 0 Å². The molecule has 0 spiro atoms. The van der Waals surface area contributed by atoms with Crippen molar-refractivity contribution < 1.29 is 0 Å². The molecule has 27 heavy (non-hydrogen) atoms. The van der Waals surface area contributed by atoms with Crippen LogP contribution < -0.4 is 0 Å². The third kappa shape index (κ3) is 24.0. The van der Waals surface area contributed by atoms with Crippen molar-refractivity contribution in [3.63, 3.8) is 0 Å². The van der Waals surface area contributed by atoms with E-state index >= 15 is 0 Å². The van der Waals surface area contributed by atoms with E-state index in [0.29, 0.717) is 0 Å². The van der Waals surface area contributed by atoms with Crippen LogP contribution in [0.4, 0.5) is 0 Å². The summed E-state index contributed by atoms with van der Waals surface area (Å²) in [4.78, 5) is 0. The Bertz CT molecular complexity index is 244. The van der Waals surface area contributed by atoms with E-state index < -0.39 is 0 Å². The fourth-order valence-corrected chi connectivity index (χ4v) is 4.17. The summed E-state index contributed by atoms with van der Waals surface area (Å²) in [5.74, 6) is 0.899. The lowest BCUT2D eigenvalue weighted by molar-refractivity contribution is 0.456. The van der Waals surface area contributed by atoms with E-state index in [0.717, 1.165) is 18.8 Å². The maximum atomic E-state index is 3.96. The highest BCUT2D eigenvalue weighted by Crippen LogP contribution is 2.17. The summed E-state index contributed by atoms with van der Waals surface area (Å²) in [6.45, 7) is 10.3. The van der Waals surface area contributed by atoms with Gasteiger partial charge in [0.05, 0.1) is 0 Å². The van der Waals surface area contributed by atoms with Crippen LogP contribution in [-0.2, 0) is 0 Å². The summed E-state index contributed by atoms with van der Waals surface area (Å²) >= 11 is 0. The van der Waals surface area contributed by atoms with Gasteiger partial charge >= 0.3 is 0 Å². The van der Waals surface area contributed by atoms with Gasteiger partial charge in [0.1, 0.15) is 0 Å². The van der Waals surface area contributed by atoms with Gasteiger partial charge in [-0.2, -0.15) is 0 Å². The van der Waals surface area contributed by atoms with Crippen molar-refractivity contribution in [2.45, 2.75) is 155 Å². The smallest absolute Gasteiger partial charge is 0.0443 e. The third-order valence-corrected chi connectivity index (χ3v) is 6.14. The molecule has 1 atom stereocenters. The standard InChI is InChI=1S/C27H54/c1-4-6-7-8-9-10-11-12-13-14-15-16-17-18-19-20-21-22-23-24-26-27(3)25-5-2/h27H,1-2,4-26H2,3H3. The summed E-state index contributed by atoms with van der Waals surface area (Å²) in [6.07, 6.45) is 32.7. The first-order valence-electron chi connectivity index (χ1n) is 12.9. The molecule has 0 bridgehead atoms. The monoisotopic (exact) mass is 378 g/mol. The number of hydrogen-bond acceptors (Lipinski definition) is 0. The van der Waals surface area contributed by atoms with Crippen LogP contribution in [0.5, 0.6) is 0 Å². The molecular weight excluding hydrogens is 324 g/mol. The molecule has 162 valence electrons. The van der Waals surface area contributed by atoms with Gasteiger partial charge in [-0.25, -0.2) is 0 Å². The van der Waals surface area contributed by atoms with Crippen LogP contribution in [0, 0.1) is 19.8 Å². The van der Waals surface area contributed by atoms with E-state index in [1.54, 1.807) is 0 Å². The summed E-state index contributed by atoms with van der Waals surface area (Å²) < 4.78 is 0. The average Bonchev–Trinajstić information content (AvgIpc) is 2.66. The molecule has 0 aliphatic heterocycles. The number of hydrogen-bond donors (Lipinski definition) is 0. The lowest BCUT2D eigenvalue weighted by Gasteiger charge is -2.09. The van der Waals surface area contributed by atoms with E-state index in [1.807, 2.05) is 0 Å². The largest absolute Gasteiger partial charge is 0.0625 e. The Hall–Kier alpha value is 0. The van der Waals surface area contributed by atoms with E-state index in [2.05, 4.69) is 20.8 Å². The Morgan fingerprint density at radius 2 is 0.667 bits per heavy atom. The van der Waals surface area contributed by atoms with E-state index in [-0.39, 0.29) is 0 Å². The zero-order chi connectivity index (χ0) is 19.8. The van der Waals surface area contributed by atoms with Gasteiger partial charge in [-0.05, 0) is 5.92 Å². The van der Waals surface area contributed by atoms with Crippen LogP contribution in [0.15, 0.2) is 0 Å². The van der Waals surface area contributed by atoms with Crippen molar-refractivity contribution in [2.75, 3.05) is 0 Å². The fraction of sp³-hybridized carbons (Fsp3) is 0.926. The van der Waals surface area contributed by atoms with Gasteiger partial charge in [-0.3, -0.25) is 0 Å². The normalized spacial score (nSPS) is 12.6. The Morgan fingerprint density at radius 3 is 0.963 bits per heavy atom. The van der Waals surface area contributed by atoms with Crippen molar-refractivity contribution in [3.05, 3.63) is 13.8 Å². The van der Waals surface area contributed by atoms with Crippen molar-refractivity contribution in [2.24, 2.45) is 5.92 Å². The molecule has 0 saturated carbocycles. The van der Waals surface area contributed by atoms with Crippen LogP contribution in [0.25, 0.3) is 0 Å². The molecule has 2 radical (unpaired) electrons. The first-order chi connectivity index (χ1) is 13.3. The second-order valence-electron chi connectivity index (χ2n) is 9.11. The number of unbranched alkanes of at least 4 members (excludes halogenated alkanes) is 19. The summed E-state index contributed by atoms with van der Waals surface area (Å²) in [5, 5.41) is 0. The maximum Gasteiger partial charge on any atom is -0.0443 e. The molecule has 0 aromatic heterocycles. The highest BCUT2D eigenvalue weighted by molar-refractivity contribution is 4.56. The lowest BCUT2D eigenvalue weighted by atomic mass is 9.98. The van der Waals surface area contributed by atoms with Gasteiger partial charge < -0.3 is 0 Å². The van der Waals surface area contributed by atoms with Crippen molar-refractivity contribution >= 4 is 0 Å². The van der Waals surface area contributed by atoms with E-state index in [1.165, 1.54) is 135 Å². The Morgan fingerprint density at radius 1 is 0.370 bits per heavy atom. The predicted octanol–water partition coefficient (Wildman–Crippen LogP) is 10.3. The molecule has 0 aromatic carbocycles. The molecule has 0 heteroatoms. The van der Waals surface area contributed by atoms with Gasteiger partial charge in [0.15, 0.2) is 0 Å². The molecule has 0 rings (SSSR count). The van der Waals surface area contributed by atoms with Gasteiger partial charge in [0.2, 0.25) is 0 Å². The quantitative estimate of drug-likeness (QED) is 0.155. The molecule has 0 saturated heterocycles. The average molecular weight is 379 g/mol. The molecule has 0 aliphatic carbocycles. The minimum absolute atomic E-state index is 0.899.